The summed E-state index contributed by atoms with van der Waals surface area (Å²) in [4.78, 5) is 12.3. The van der Waals surface area contributed by atoms with Crippen LogP contribution in [-0.4, -0.2) is 21.4 Å². The highest BCUT2D eigenvalue weighted by Crippen LogP contribution is 2.14. The van der Waals surface area contributed by atoms with Crippen molar-refractivity contribution in [1.29, 1.82) is 0 Å². The monoisotopic (exact) mass is 337 g/mol. The van der Waals surface area contributed by atoms with Gasteiger partial charge in [0.15, 0.2) is 5.82 Å². The molecule has 0 atom stereocenters. The SMILES string of the molecule is CCSCc1ccc(C(=O)Nc2ccn(-c3ccccc3)n2)cc1. The summed E-state index contributed by atoms with van der Waals surface area (Å²) in [6.07, 6.45) is 1.83. The van der Waals surface area contributed by atoms with Crippen LogP contribution in [0.4, 0.5) is 5.82 Å². The summed E-state index contributed by atoms with van der Waals surface area (Å²) in [5, 5.41) is 7.22. The third-order valence-electron chi connectivity index (χ3n) is 3.54. The average Bonchev–Trinajstić information content (AvgIpc) is 3.09. The minimum Gasteiger partial charge on any atom is -0.305 e. The molecule has 24 heavy (non-hydrogen) atoms. The molecule has 0 spiro atoms. The zero-order valence-electron chi connectivity index (χ0n) is 13.5. The Morgan fingerprint density at radius 3 is 2.54 bits per heavy atom. The van der Waals surface area contributed by atoms with Crippen LogP contribution in [0.25, 0.3) is 5.69 Å². The van der Waals surface area contributed by atoms with Gasteiger partial charge in [-0.25, -0.2) is 4.68 Å². The van der Waals surface area contributed by atoms with Crippen molar-refractivity contribution >= 4 is 23.5 Å². The molecule has 1 aromatic heterocycles. The van der Waals surface area contributed by atoms with Gasteiger partial charge in [0, 0.05) is 23.6 Å². The number of rotatable bonds is 6. The number of para-hydroxylation sites is 1. The summed E-state index contributed by atoms with van der Waals surface area (Å²) in [5.74, 6) is 2.45. The van der Waals surface area contributed by atoms with Crippen molar-refractivity contribution in [3.05, 3.63) is 78.0 Å². The fourth-order valence-corrected chi connectivity index (χ4v) is 2.91. The van der Waals surface area contributed by atoms with E-state index < -0.39 is 0 Å². The molecule has 2 aromatic carbocycles. The van der Waals surface area contributed by atoms with Crippen molar-refractivity contribution in [1.82, 2.24) is 9.78 Å². The first kappa shape index (κ1) is 16.3. The Morgan fingerprint density at radius 2 is 1.83 bits per heavy atom. The molecule has 1 N–H and O–H groups in total. The lowest BCUT2D eigenvalue weighted by molar-refractivity contribution is 0.102. The Bertz CT molecular complexity index is 797. The largest absolute Gasteiger partial charge is 0.305 e. The minimum atomic E-state index is -0.150. The van der Waals surface area contributed by atoms with Crippen molar-refractivity contribution in [3.63, 3.8) is 0 Å². The van der Waals surface area contributed by atoms with E-state index in [9.17, 15) is 4.79 Å². The average molecular weight is 337 g/mol. The van der Waals surface area contributed by atoms with Crippen LogP contribution in [-0.2, 0) is 5.75 Å². The van der Waals surface area contributed by atoms with Gasteiger partial charge < -0.3 is 5.32 Å². The molecule has 3 aromatic rings. The van der Waals surface area contributed by atoms with E-state index in [1.807, 2.05) is 72.6 Å². The molecule has 0 fully saturated rings. The van der Waals surface area contributed by atoms with Crippen molar-refractivity contribution in [2.75, 3.05) is 11.1 Å². The van der Waals surface area contributed by atoms with Gasteiger partial charge in [-0.05, 0) is 35.6 Å². The lowest BCUT2D eigenvalue weighted by Crippen LogP contribution is -2.12. The number of hydrogen-bond donors (Lipinski definition) is 1. The molecule has 0 bridgehead atoms. The van der Waals surface area contributed by atoms with Crippen molar-refractivity contribution in [3.8, 4) is 5.69 Å². The van der Waals surface area contributed by atoms with E-state index in [1.165, 1.54) is 5.56 Å². The van der Waals surface area contributed by atoms with Crippen LogP contribution >= 0.6 is 11.8 Å². The molecule has 5 heteroatoms. The third kappa shape index (κ3) is 4.06. The van der Waals surface area contributed by atoms with Crippen LogP contribution in [0.1, 0.15) is 22.8 Å². The summed E-state index contributed by atoms with van der Waals surface area (Å²) in [6, 6.07) is 19.3. The van der Waals surface area contributed by atoms with E-state index in [4.69, 9.17) is 0 Å². The molecule has 0 saturated heterocycles. The quantitative estimate of drug-likeness (QED) is 0.726. The third-order valence-corrected chi connectivity index (χ3v) is 4.49. The number of carbonyl (C=O) groups excluding carboxylic acids is 1. The van der Waals surface area contributed by atoms with Gasteiger partial charge in [-0.3, -0.25) is 4.79 Å². The highest BCUT2D eigenvalue weighted by Gasteiger charge is 2.08. The Hall–Kier alpha value is -2.53. The predicted octanol–water partition coefficient (Wildman–Crippen LogP) is 4.38. The first-order valence-corrected chi connectivity index (χ1v) is 9.01. The molecule has 0 radical (unpaired) electrons. The second-order valence-corrected chi connectivity index (χ2v) is 6.54. The summed E-state index contributed by atoms with van der Waals surface area (Å²) < 4.78 is 1.74. The number of aromatic nitrogens is 2. The molecule has 122 valence electrons. The van der Waals surface area contributed by atoms with Crippen molar-refractivity contribution < 1.29 is 4.79 Å². The van der Waals surface area contributed by atoms with E-state index in [0.717, 1.165) is 17.2 Å². The Morgan fingerprint density at radius 1 is 1.08 bits per heavy atom. The summed E-state index contributed by atoms with van der Waals surface area (Å²) in [5.41, 5.74) is 2.82. The van der Waals surface area contributed by atoms with Gasteiger partial charge >= 0.3 is 0 Å². The molecule has 0 saturated carbocycles. The molecule has 0 aliphatic heterocycles. The molecule has 0 aliphatic rings. The molecule has 1 heterocycles. The molecule has 0 unspecified atom stereocenters. The zero-order valence-corrected chi connectivity index (χ0v) is 14.3. The Labute approximate surface area is 145 Å². The fourth-order valence-electron chi connectivity index (χ4n) is 2.28. The van der Waals surface area contributed by atoms with E-state index in [-0.39, 0.29) is 5.91 Å². The number of nitrogens with one attached hydrogen (secondary N) is 1. The van der Waals surface area contributed by atoms with Gasteiger partial charge in [0.2, 0.25) is 0 Å². The maximum Gasteiger partial charge on any atom is 0.256 e. The minimum absolute atomic E-state index is 0.150. The molecule has 0 aliphatic carbocycles. The fraction of sp³-hybridized carbons (Fsp3) is 0.158. The van der Waals surface area contributed by atoms with Crippen LogP contribution in [0.3, 0.4) is 0 Å². The smallest absolute Gasteiger partial charge is 0.256 e. The highest BCUT2D eigenvalue weighted by molar-refractivity contribution is 7.98. The lowest BCUT2D eigenvalue weighted by Gasteiger charge is -2.04. The standard InChI is InChI=1S/C19H19N3OS/c1-2-24-14-15-8-10-16(11-9-15)19(23)20-18-12-13-22(21-18)17-6-4-3-5-7-17/h3-13H,2,14H2,1H3,(H,20,21,23). The number of amides is 1. The maximum absolute atomic E-state index is 12.3. The van der Waals surface area contributed by atoms with E-state index in [1.54, 1.807) is 10.7 Å². The molecule has 1 amide bonds. The number of anilines is 1. The van der Waals surface area contributed by atoms with Crippen LogP contribution in [0.5, 0.6) is 0 Å². The molecule has 4 nitrogen and oxygen atoms in total. The number of benzene rings is 2. The molecule has 3 rings (SSSR count). The molecular formula is C19H19N3OS. The summed E-state index contributed by atoms with van der Waals surface area (Å²) >= 11 is 1.87. The number of thioether (sulfide) groups is 1. The summed E-state index contributed by atoms with van der Waals surface area (Å²) in [7, 11) is 0. The predicted molar refractivity (Wildman–Crippen MR) is 99.8 cm³/mol. The van der Waals surface area contributed by atoms with Gasteiger partial charge in [0.1, 0.15) is 0 Å². The van der Waals surface area contributed by atoms with Gasteiger partial charge in [0.05, 0.1) is 5.69 Å². The Balaban J connectivity index is 1.66. The van der Waals surface area contributed by atoms with E-state index >= 15 is 0 Å². The zero-order chi connectivity index (χ0) is 16.8. The van der Waals surface area contributed by atoms with Crippen LogP contribution in [0, 0.1) is 0 Å². The van der Waals surface area contributed by atoms with E-state index in [0.29, 0.717) is 11.4 Å². The van der Waals surface area contributed by atoms with Gasteiger partial charge in [-0.15, -0.1) is 0 Å². The number of carbonyl (C=O) groups is 1. The topological polar surface area (TPSA) is 46.9 Å². The normalized spacial score (nSPS) is 10.5. The summed E-state index contributed by atoms with van der Waals surface area (Å²) in [6.45, 7) is 2.14. The molecular weight excluding hydrogens is 318 g/mol. The van der Waals surface area contributed by atoms with Gasteiger partial charge in [0.25, 0.3) is 5.91 Å². The van der Waals surface area contributed by atoms with Crippen molar-refractivity contribution in [2.45, 2.75) is 12.7 Å². The van der Waals surface area contributed by atoms with Crippen LogP contribution < -0.4 is 5.32 Å². The lowest BCUT2D eigenvalue weighted by atomic mass is 10.1. The second kappa shape index (κ2) is 7.84. The highest BCUT2D eigenvalue weighted by atomic mass is 32.2. The van der Waals surface area contributed by atoms with Crippen LogP contribution in [0.2, 0.25) is 0 Å². The number of nitrogens with zero attached hydrogens (tertiary/aromatic N) is 2. The van der Waals surface area contributed by atoms with E-state index in [2.05, 4.69) is 17.3 Å². The van der Waals surface area contributed by atoms with Gasteiger partial charge in [-0.1, -0.05) is 37.3 Å². The first-order valence-electron chi connectivity index (χ1n) is 7.85. The first-order chi connectivity index (χ1) is 11.8. The van der Waals surface area contributed by atoms with Gasteiger partial charge in [-0.2, -0.15) is 16.9 Å². The second-order valence-electron chi connectivity index (χ2n) is 5.27. The maximum atomic E-state index is 12.3. The number of hydrogen-bond acceptors (Lipinski definition) is 3. The van der Waals surface area contributed by atoms with Crippen molar-refractivity contribution in [2.24, 2.45) is 0 Å². The Kier molecular flexibility index (Phi) is 5.33. The van der Waals surface area contributed by atoms with Crippen LogP contribution in [0.15, 0.2) is 66.9 Å².